The number of hydrogen-bond acceptors (Lipinski definition) is 4. The first-order chi connectivity index (χ1) is 11.5. The van der Waals surface area contributed by atoms with Gasteiger partial charge in [0, 0.05) is 5.02 Å². The molecule has 1 fully saturated rings. The molecule has 0 bridgehead atoms. The molecule has 122 valence electrons. The smallest absolute Gasteiger partial charge is 0.333 e. The number of phenolic OH excluding ortho intramolecular Hbond substituents is 1. The quantitative estimate of drug-likeness (QED) is 0.662. The number of methoxy groups -OCH3 is 1. The Labute approximate surface area is 142 Å². The lowest BCUT2D eigenvalue weighted by Crippen LogP contribution is -2.30. The van der Waals surface area contributed by atoms with Crippen molar-refractivity contribution in [1.82, 2.24) is 5.32 Å². The summed E-state index contributed by atoms with van der Waals surface area (Å²) >= 11 is 5.82. The van der Waals surface area contributed by atoms with Gasteiger partial charge in [-0.3, -0.25) is 4.79 Å². The van der Waals surface area contributed by atoms with Crippen LogP contribution in [0.15, 0.2) is 48.2 Å². The Morgan fingerprint density at radius 1 is 1.17 bits per heavy atom. The minimum atomic E-state index is -0.542. The third-order valence-electron chi connectivity index (χ3n) is 3.48. The third-order valence-corrected chi connectivity index (χ3v) is 3.73. The summed E-state index contributed by atoms with van der Waals surface area (Å²) in [5.74, 6) is -0.214. The summed E-state index contributed by atoms with van der Waals surface area (Å²) in [4.78, 5) is 25.6. The van der Waals surface area contributed by atoms with E-state index >= 15 is 0 Å². The zero-order valence-electron chi connectivity index (χ0n) is 12.6. The van der Waals surface area contributed by atoms with Crippen molar-refractivity contribution in [3.63, 3.8) is 0 Å². The lowest BCUT2D eigenvalue weighted by atomic mass is 10.1. The van der Waals surface area contributed by atoms with Gasteiger partial charge in [0.15, 0.2) is 11.5 Å². The summed E-state index contributed by atoms with van der Waals surface area (Å²) in [7, 11) is 1.43. The predicted molar refractivity (Wildman–Crippen MR) is 90.1 cm³/mol. The maximum atomic E-state index is 12.5. The molecular weight excluding hydrogens is 332 g/mol. The first-order valence-corrected chi connectivity index (χ1v) is 7.37. The Kier molecular flexibility index (Phi) is 4.14. The van der Waals surface area contributed by atoms with Crippen LogP contribution in [0, 0.1) is 0 Å². The van der Waals surface area contributed by atoms with Crippen LogP contribution in [0.2, 0.25) is 5.02 Å². The highest BCUT2D eigenvalue weighted by Gasteiger charge is 2.34. The van der Waals surface area contributed by atoms with Crippen LogP contribution in [0.25, 0.3) is 6.08 Å². The van der Waals surface area contributed by atoms with Crippen LogP contribution in [0.5, 0.6) is 11.5 Å². The van der Waals surface area contributed by atoms with E-state index in [-0.39, 0.29) is 17.2 Å². The first-order valence-electron chi connectivity index (χ1n) is 6.99. The van der Waals surface area contributed by atoms with E-state index in [9.17, 15) is 14.7 Å². The SMILES string of the molecule is COc1cc(/C=C2\NC(=O)N(c3ccc(Cl)cc3)C2=O)ccc1O. The number of nitrogens with one attached hydrogen (secondary N) is 1. The van der Waals surface area contributed by atoms with Gasteiger partial charge in [0.25, 0.3) is 5.91 Å². The predicted octanol–water partition coefficient (Wildman–Crippen LogP) is 3.15. The number of nitrogens with zero attached hydrogens (tertiary/aromatic N) is 1. The van der Waals surface area contributed by atoms with E-state index in [1.807, 2.05) is 0 Å². The average Bonchev–Trinajstić information content (AvgIpc) is 2.84. The molecule has 0 unspecified atom stereocenters. The van der Waals surface area contributed by atoms with Gasteiger partial charge in [0.2, 0.25) is 0 Å². The molecule has 1 aliphatic heterocycles. The zero-order chi connectivity index (χ0) is 17.3. The second-order valence-corrected chi connectivity index (χ2v) is 5.47. The fourth-order valence-corrected chi connectivity index (χ4v) is 2.44. The van der Waals surface area contributed by atoms with Gasteiger partial charge in [-0.05, 0) is 48.0 Å². The third kappa shape index (κ3) is 2.91. The van der Waals surface area contributed by atoms with Gasteiger partial charge >= 0.3 is 6.03 Å². The van der Waals surface area contributed by atoms with Crippen molar-refractivity contribution in [3.8, 4) is 11.5 Å². The molecule has 2 N–H and O–H groups in total. The zero-order valence-corrected chi connectivity index (χ0v) is 13.4. The van der Waals surface area contributed by atoms with E-state index in [1.165, 1.54) is 19.3 Å². The highest BCUT2D eigenvalue weighted by Crippen LogP contribution is 2.28. The van der Waals surface area contributed by atoms with Crippen LogP contribution in [-0.2, 0) is 4.79 Å². The lowest BCUT2D eigenvalue weighted by molar-refractivity contribution is -0.113. The molecule has 1 heterocycles. The van der Waals surface area contributed by atoms with Crippen LogP contribution in [0.3, 0.4) is 0 Å². The van der Waals surface area contributed by atoms with Crippen molar-refractivity contribution in [3.05, 3.63) is 58.7 Å². The Balaban J connectivity index is 1.92. The number of anilines is 1. The number of aromatic hydroxyl groups is 1. The Morgan fingerprint density at radius 2 is 1.88 bits per heavy atom. The molecule has 0 atom stereocenters. The van der Waals surface area contributed by atoms with Gasteiger partial charge in [0.1, 0.15) is 5.70 Å². The van der Waals surface area contributed by atoms with Crippen LogP contribution < -0.4 is 15.0 Å². The molecule has 1 aliphatic rings. The van der Waals surface area contributed by atoms with Gasteiger partial charge in [-0.2, -0.15) is 0 Å². The number of amides is 3. The summed E-state index contributed by atoms with van der Waals surface area (Å²) < 4.78 is 5.03. The summed E-state index contributed by atoms with van der Waals surface area (Å²) in [6.07, 6.45) is 1.51. The molecule has 0 radical (unpaired) electrons. The topological polar surface area (TPSA) is 78.9 Å². The Bertz CT molecular complexity index is 846. The molecule has 0 spiro atoms. The van der Waals surface area contributed by atoms with Crippen LogP contribution in [-0.4, -0.2) is 24.2 Å². The van der Waals surface area contributed by atoms with Crippen molar-refractivity contribution in [2.75, 3.05) is 12.0 Å². The number of urea groups is 1. The number of rotatable bonds is 3. The van der Waals surface area contributed by atoms with Gasteiger partial charge in [0.05, 0.1) is 12.8 Å². The molecule has 0 aliphatic carbocycles. The highest BCUT2D eigenvalue weighted by atomic mass is 35.5. The molecule has 24 heavy (non-hydrogen) atoms. The molecule has 3 rings (SSSR count). The highest BCUT2D eigenvalue weighted by molar-refractivity contribution is 6.31. The summed E-state index contributed by atoms with van der Waals surface area (Å²) in [5.41, 5.74) is 1.16. The van der Waals surface area contributed by atoms with Gasteiger partial charge in [-0.15, -0.1) is 0 Å². The summed E-state index contributed by atoms with van der Waals surface area (Å²) in [5, 5.41) is 12.6. The molecular formula is C17H13ClN2O4. The van der Waals surface area contributed by atoms with E-state index in [2.05, 4.69) is 5.32 Å². The minimum absolute atomic E-state index is 0.00998. The molecule has 7 heteroatoms. The average molecular weight is 345 g/mol. The van der Waals surface area contributed by atoms with Gasteiger partial charge in [-0.25, -0.2) is 9.69 Å². The van der Waals surface area contributed by atoms with E-state index in [1.54, 1.807) is 36.4 Å². The van der Waals surface area contributed by atoms with Crippen LogP contribution in [0.4, 0.5) is 10.5 Å². The lowest BCUT2D eigenvalue weighted by Gasteiger charge is -2.11. The fraction of sp³-hybridized carbons (Fsp3) is 0.0588. The van der Waals surface area contributed by atoms with Crippen molar-refractivity contribution in [1.29, 1.82) is 0 Å². The second-order valence-electron chi connectivity index (χ2n) is 5.04. The molecule has 0 aromatic heterocycles. The molecule has 1 saturated heterocycles. The molecule has 6 nitrogen and oxygen atoms in total. The molecule has 2 aromatic rings. The molecule has 2 aromatic carbocycles. The van der Waals surface area contributed by atoms with Gasteiger partial charge in [-0.1, -0.05) is 17.7 Å². The van der Waals surface area contributed by atoms with E-state index < -0.39 is 11.9 Å². The number of imide groups is 1. The maximum absolute atomic E-state index is 12.5. The van der Waals surface area contributed by atoms with E-state index in [0.717, 1.165) is 4.90 Å². The standard InChI is InChI=1S/C17H13ClN2O4/c1-24-15-9-10(2-7-14(15)21)8-13-16(22)20(17(23)19-13)12-5-3-11(18)4-6-12/h2-9,21H,1H3,(H,19,23)/b13-8-. The number of carbonyl (C=O) groups is 2. The first kappa shape index (κ1) is 15.9. The van der Waals surface area contributed by atoms with Crippen LogP contribution >= 0.6 is 11.6 Å². The van der Waals surface area contributed by atoms with Crippen LogP contribution in [0.1, 0.15) is 5.56 Å². The molecule has 0 saturated carbocycles. The monoisotopic (exact) mass is 344 g/mol. The number of phenols is 1. The van der Waals surface area contributed by atoms with Gasteiger partial charge < -0.3 is 15.2 Å². The number of ether oxygens (including phenoxy) is 1. The van der Waals surface area contributed by atoms with Crippen molar-refractivity contribution in [2.45, 2.75) is 0 Å². The van der Waals surface area contributed by atoms with Crippen molar-refractivity contribution >= 4 is 35.3 Å². The Morgan fingerprint density at radius 3 is 2.54 bits per heavy atom. The summed E-state index contributed by atoms with van der Waals surface area (Å²) in [6, 6.07) is 10.5. The fourth-order valence-electron chi connectivity index (χ4n) is 2.31. The normalized spacial score (nSPS) is 15.8. The summed E-state index contributed by atoms with van der Waals surface area (Å²) in [6.45, 7) is 0. The largest absolute Gasteiger partial charge is 0.504 e. The maximum Gasteiger partial charge on any atom is 0.333 e. The van der Waals surface area contributed by atoms with E-state index in [4.69, 9.17) is 16.3 Å². The number of carbonyl (C=O) groups excluding carboxylic acids is 2. The number of halogens is 1. The van der Waals surface area contributed by atoms with Crippen molar-refractivity contribution in [2.24, 2.45) is 0 Å². The number of hydrogen-bond donors (Lipinski definition) is 2. The molecule has 3 amide bonds. The second kappa shape index (κ2) is 6.25. The van der Waals surface area contributed by atoms with Crippen molar-refractivity contribution < 1.29 is 19.4 Å². The minimum Gasteiger partial charge on any atom is -0.504 e. The Hall–Kier alpha value is -2.99. The number of benzene rings is 2. The van der Waals surface area contributed by atoms with E-state index in [0.29, 0.717) is 16.3 Å².